The first kappa shape index (κ1) is 10.9. The molecule has 82 valence electrons. The highest BCUT2D eigenvalue weighted by Crippen LogP contribution is 2.44. The van der Waals surface area contributed by atoms with Gasteiger partial charge in [-0.2, -0.15) is 0 Å². The summed E-state index contributed by atoms with van der Waals surface area (Å²) in [6.45, 7) is 2.55. The third kappa shape index (κ3) is 1.67. The van der Waals surface area contributed by atoms with E-state index in [0.717, 1.165) is 12.0 Å². The number of rotatable bonds is 2. The van der Waals surface area contributed by atoms with Gasteiger partial charge >= 0.3 is 0 Å². The molecular weight excluding hydrogens is 210 g/mol. The maximum absolute atomic E-state index is 10.6. The highest BCUT2D eigenvalue weighted by molar-refractivity contribution is 6.30. The molecule has 0 amide bonds. The molecule has 15 heavy (non-hydrogen) atoms. The van der Waals surface area contributed by atoms with Gasteiger partial charge in [-0.05, 0) is 48.6 Å². The second-order valence-corrected chi connectivity index (χ2v) is 4.81. The molecule has 1 aromatic rings. The molecule has 2 nitrogen and oxygen atoms in total. The van der Waals surface area contributed by atoms with Gasteiger partial charge in [-0.1, -0.05) is 24.6 Å². The van der Waals surface area contributed by atoms with Crippen molar-refractivity contribution in [1.29, 1.82) is 0 Å². The summed E-state index contributed by atoms with van der Waals surface area (Å²) in [7, 11) is 0. The molecule has 1 aliphatic carbocycles. The van der Waals surface area contributed by atoms with Crippen LogP contribution in [0.2, 0.25) is 5.02 Å². The Labute approximate surface area is 95.1 Å². The van der Waals surface area contributed by atoms with Gasteiger partial charge in [-0.15, -0.1) is 0 Å². The quantitative estimate of drug-likeness (QED) is 0.810. The Morgan fingerprint density at radius 2 is 2.33 bits per heavy atom. The molecular formula is C12H16ClNO. The lowest BCUT2D eigenvalue weighted by Gasteiger charge is -2.28. The molecule has 0 spiro atoms. The second-order valence-electron chi connectivity index (χ2n) is 4.37. The zero-order valence-electron chi connectivity index (χ0n) is 8.83. The van der Waals surface area contributed by atoms with Crippen molar-refractivity contribution in [1.82, 2.24) is 0 Å². The molecule has 3 heteroatoms. The normalized spacial score (nSPS) is 29.2. The van der Waals surface area contributed by atoms with E-state index in [1.54, 1.807) is 0 Å². The number of benzene rings is 1. The van der Waals surface area contributed by atoms with Crippen LogP contribution in [0.5, 0.6) is 0 Å². The first-order chi connectivity index (χ1) is 7.08. The van der Waals surface area contributed by atoms with E-state index in [4.69, 9.17) is 17.3 Å². The average Bonchev–Trinajstić information content (AvgIpc) is 2.42. The maximum Gasteiger partial charge on any atom is 0.0940 e. The smallest absolute Gasteiger partial charge is 0.0940 e. The molecule has 0 fully saturated rings. The maximum atomic E-state index is 10.6. The van der Waals surface area contributed by atoms with Crippen molar-refractivity contribution in [3.05, 3.63) is 34.3 Å². The Morgan fingerprint density at radius 3 is 3.00 bits per heavy atom. The van der Waals surface area contributed by atoms with Crippen LogP contribution in [0, 0.1) is 5.92 Å². The van der Waals surface area contributed by atoms with Gasteiger partial charge in [-0.3, -0.25) is 0 Å². The minimum atomic E-state index is -0.783. The highest BCUT2D eigenvalue weighted by Gasteiger charge is 2.42. The minimum Gasteiger partial charge on any atom is -0.385 e. The van der Waals surface area contributed by atoms with Crippen LogP contribution in [0.4, 0.5) is 0 Å². The fourth-order valence-corrected chi connectivity index (χ4v) is 2.67. The van der Waals surface area contributed by atoms with Crippen LogP contribution in [0.15, 0.2) is 18.2 Å². The summed E-state index contributed by atoms with van der Waals surface area (Å²) >= 11 is 5.96. The number of hydrogen-bond donors (Lipinski definition) is 2. The van der Waals surface area contributed by atoms with Crippen molar-refractivity contribution in [3.63, 3.8) is 0 Å². The van der Waals surface area contributed by atoms with Gasteiger partial charge in [0.2, 0.25) is 0 Å². The second kappa shape index (κ2) is 3.78. The monoisotopic (exact) mass is 225 g/mol. The Morgan fingerprint density at radius 1 is 1.60 bits per heavy atom. The molecule has 0 saturated carbocycles. The highest BCUT2D eigenvalue weighted by atomic mass is 35.5. The van der Waals surface area contributed by atoms with Crippen LogP contribution in [0.1, 0.15) is 24.5 Å². The van der Waals surface area contributed by atoms with E-state index >= 15 is 0 Å². The van der Waals surface area contributed by atoms with E-state index < -0.39 is 5.60 Å². The standard InChI is InChI=1S/C12H16ClNO/c1-8-6-9-2-3-10(13)7-11(9)12(8,15)4-5-14/h2-3,7-8,15H,4-6,14H2,1H3. The van der Waals surface area contributed by atoms with Crippen molar-refractivity contribution in [3.8, 4) is 0 Å². The Balaban J connectivity index is 2.47. The van der Waals surface area contributed by atoms with Crippen LogP contribution in [-0.2, 0) is 12.0 Å². The summed E-state index contributed by atoms with van der Waals surface area (Å²) in [5.41, 5.74) is 6.94. The molecule has 1 aromatic carbocycles. The number of fused-ring (bicyclic) bond motifs is 1. The van der Waals surface area contributed by atoms with Gasteiger partial charge in [0.25, 0.3) is 0 Å². The summed E-state index contributed by atoms with van der Waals surface area (Å²) in [4.78, 5) is 0. The lowest BCUT2D eigenvalue weighted by Crippen LogP contribution is -2.32. The van der Waals surface area contributed by atoms with Gasteiger partial charge in [0.1, 0.15) is 0 Å². The molecule has 0 radical (unpaired) electrons. The zero-order valence-corrected chi connectivity index (χ0v) is 9.59. The predicted octanol–water partition coefficient (Wildman–Crippen LogP) is 2.07. The third-order valence-electron chi connectivity index (χ3n) is 3.41. The summed E-state index contributed by atoms with van der Waals surface area (Å²) in [5, 5.41) is 11.3. The number of hydrogen-bond acceptors (Lipinski definition) is 2. The van der Waals surface area contributed by atoms with Crippen molar-refractivity contribution in [2.24, 2.45) is 11.7 Å². The first-order valence-corrected chi connectivity index (χ1v) is 5.67. The lowest BCUT2D eigenvalue weighted by molar-refractivity contribution is -0.0101. The van der Waals surface area contributed by atoms with E-state index in [1.165, 1.54) is 5.56 Å². The van der Waals surface area contributed by atoms with Crippen molar-refractivity contribution < 1.29 is 5.11 Å². The molecule has 3 N–H and O–H groups in total. The van der Waals surface area contributed by atoms with Gasteiger partial charge < -0.3 is 10.8 Å². The summed E-state index contributed by atoms with van der Waals surface area (Å²) in [6, 6.07) is 5.75. The molecule has 0 bridgehead atoms. The van der Waals surface area contributed by atoms with E-state index in [-0.39, 0.29) is 5.92 Å². The average molecular weight is 226 g/mol. The largest absolute Gasteiger partial charge is 0.385 e. The number of nitrogens with two attached hydrogens (primary N) is 1. The fourth-order valence-electron chi connectivity index (χ4n) is 2.49. The van der Waals surface area contributed by atoms with E-state index in [1.807, 2.05) is 18.2 Å². The molecule has 1 aliphatic rings. The van der Waals surface area contributed by atoms with Crippen molar-refractivity contribution in [2.75, 3.05) is 6.54 Å². The molecule has 0 aliphatic heterocycles. The third-order valence-corrected chi connectivity index (χ3v) is 3.64. The van der Waals surface area contributed by atoms with Crippen molar-refractivity contribution >= 4 is 11.6 Å². The molecule has 2 atom stereocenters. The van der Waals surface area contributed by atoms with E-state index in [9.17, 15) is 5.11 Å². The van der Waals surface area contributed by atoms with Crippen LogP contribution in [0.25, 0.3) is 0 Å². The lowest BCUT2D eigenvalue weighted by atomic mass is 9.85. The van der Waals surface area contributed by atoms with Gasteiger partial charge in [0.15, 0.2) is 0 Å². The van der Waals surface area contributed by atoms with E-state index in [0.29, 0.717) is 18.0 Å². The molecule has 2 unspecified atom stereocenters. The summed E-state index contributed by atoms with van der Waals surface area (Å²) in [6.07, 6.45) is 1.50. The molecule has 2 rings (SSSR count). The first-order valence-electron chi connectivity index (χ1n) is 5.29. The number of aliphatic hydroxyl groups is 1. The fraction of sp³-hybridized carbons (Fsp3) is 0.500. The minimum absolute atomic E-state index is 0.217. The van der Waals surface area contributed by atoms with Gasteiger partial charge in [0, 0.05) is 5.02 Å². The van der Waals surface area contributed by atoms with Crippen LogP contribution >= 0.6 is 11.6 Å². The Hall–Kier alpha value is -0.570. The molecule has 0 heterocycles. The van der Waals surface area contributed by atoms with E-state index in [2.05, 4.69) is 6.92 Å². The van der Waals surface area contributed by atoms with Gasteiger partial charge in [0.05, 0.1) is 5.60 Å². The molecule has 0 aromatic heterocycles. The SMILES string of the molecule is CC1Cc2ccc(Cl)cc2C1(O)CCN. The predicted molar refractivity (Wildman–Crippen MR) is 61.9 cm³/mol. The summed E-state index contributed by atoms with van der Waals surface area (Å²) < 4.78 is 0. The zero-order chi connectivity index (χ0) is 11.1. The summed E-state index contributed by atoms with van der Waals surface area (Å²) in [5.74, 6) is 0.217. The van der Waals surface area contributed by atoms with Crippen LogP contribution < -0.4 is 5.73 Å². The van der Waals surface area contributed by atoms with Crippen LogP contribution in [-0.4, -0.2) is 11.7 Å². The topological polar surface area (TPSA) is 46.2 Å². The van der Waals surface area contributed by atoms with Crippen molar-refractivity contribution in [2.45, 2.75) is 25.4 Å². The molecule has 0 saturated heterocycles. The van der Waals surface area contributed by atoms with Gasteiger partial charge in [-0.25, -0.2) is 0 Å². The Bertz CT molecular complexity index is 380. The van der Waals surface area contributed by atoms with Crippen LogP contribution in [0.3, 0.4) is 0 Å². The number of halogens is 1. The Kier molecular flexibility index (Phi) is 2.75.